The minimum Gasteiger partial charge on any atom is -0.493 e. The van der Waals surface area contributed by atoms with E-state index in [2.05, 4.69) is 21.4 Å². The quantitative estimate of drug-likeness (QED) is 0.753. The maximum absolute atomic E-state index is 12.9. The zero-order valence-corrected chi connectivity index (χ0v) is 17.0. The molecular weight excluding hydrogens is 384 g/mol. The molecule has 0 saturated carbocycles. The standard InChI is InChI=1S/C21H26N6O3/c1-26-6-7-27(21(29)16-11-23-13-25-19(16)22)12-17(26)20(28)24-10-14-4-5-18-15(9-14)3-2-8-30-18/h4-5,9,11,13,17H,2-3,6-8,10,12H2,1H3,(H,24,28)(H2,22,23,25)/t17-/m0/s1. The van der Waals surface area contributed by atoms with Crippen LogP contribution in [-0.2, 0) is 17.8 Å². The first-order valence-corrected chi connectivity index (χ1v) is 10.1. The Morgan fingerprint density at radius 2 is 2.20 bits per heavy atom. The molecule has 3 N–H and O–H groups in total. The van der Waals surface area contributed by atoms with E-state index >= 15 is 0 Å². The lowest BCUT2D eigenvalue weighted by Crippen LogP contribution is -2.58. The molecule has 0 bridgehead atoms. The number of carbonyl (C=O) groups is 2. The molecule has 0 aliphatic carbocycles. The fourth-order valence-electron chi connectivity index (χ4n) is 3.85. The lowest BCUT2D eigenvalue weighted by atomic mass is 10.0. The molecule has 2 aromatic rings. The van der Waals surface area contributed by atoms with Gasteiger partial charge in [-0.1, -0.05) is 12.1 Å². The lowest BCUT2D eigenvalue weighted by molar-refractivity contribution is -0.127. The Balaban J connectivity index is 1.39. The van der Waals surface area contributed by atoms with Gasteiger partial charge in [0.1, 0.15) is 23.9 Å². The molecule has 4 rings (SSSR count). The second-order valence-corrected chi connectivity index (χ2v) is 7.68. The predicted molar refractivity (Wildman–Crippen MR) is 111 cm³/mol. The van der Waals surface area contributed by atoms with Gasteiger partial charge in [-0.05, 0) is 37.1 Å². The van der Waals surface area contributed by atoms with Gasteiger partial charge in [0, 0.05) is 32.4 Å². The topological polar surface area (TPSA) is 114 Å². The van der Waals surface area contributed by atoms with Gasteiger partial charge in [-0.15, -0.1) is 0 Å². The number of anilines is 1. The first kappa shape index (κ1) is 20.1. The predicted octanol–water partition coefficient (Wildman–Crippen LogP) is 0.456. The number of rotatable bonds is 4. The highest BCUT2D eigenvalue weighted by Crippen LogP contribution is 2.25. The fraction of sp³-hybridized carbons (Fsp3) is 0.429. The third kappa shape index (κ3) is 4.20. The molecule has 2 aliphatic rings. The number of nitrogens with zero attached hydrogens (tertiary/aromatic N) is 4. The van der Waals surface area contributed by atoms with Crippen molar-refractivity contribution in [3.05, 3.63) is 47.4 Å². The van der Waals surface area contributed by atoms with Crippen LogP contribution in [0.5, 0.6) is 5.75 Å². The maximum atomic E-state index is 12.9. The highest BCUT2D eigenvalue weighted by atomic mass is 16.5. The Labute approximate surface area is 175 Å². The number of nitrogen functional groups attached to an aromatic ring is 1. The third-order valence-corrected chi connectivity index (χ3v) is 5.65. The molecule has 30 heavy (non-hydrogen) atoms. The van der Waals surface area contributed by atoms with Crippen LogP contribution >= 0.6 is 0 Å². The van der Waals surface area contributed by atoms with Crippen LogP contribution in [0.1, 0.15) is 27.9 Å². The SMILES string of the molecule is CN1CCN(C(=O)c2cncnc2N)C[C@H]1C(=O)NCc1ccc2c(c1)CCCO2. The number of nitrogens with one attached hydrogen (secondary N) is 1. The molecule has 9 heteroatoms. The summed E-state index contributed by atoms with van der Waals surface area (Å²) >= 11 is 0. The molecule has 0 radical (unpaired) electrons. The van der Waals surface area contributed by atoms with Crippen LogP contribution in [0.15, 0.2) is 30.7 Å². The highest BCUT2D eigenvalue weighted by molar-refractivity contribution is 5.98. The normalized spacial score (nSPS) is 19.0. The van der Waals surface area contributed by atoms with Gasteiger partial charge in [0.15, 0.2) is 0 Å². The minimum atomic E-state index is -0.436. The summed E-state index contributed by atoms with van der Waals surface area (Å²) in [5.41, 5.74) is 8.29. The largest absolute Gasteiger partial charge is 0.493 e. The molecule has 1 atom stereocenters. The average molecular weight is 410 g/mol. The van der Waals surface area contributed by atoms with Gasteiger partial charge >= 0.3 is 0 Å². The minimum absolute atomic E-state index is 0.110. The number of benzene rings is 1. The second kappa shape index (κ2) is 8.66. The van der Waals surface area contributed by atoms with E-state index in [9.17, 15) is 9.59 Å². The third-order valence-electron chi connectivity index (χ3n) is 5.65. The van der Waals surface area contributed by atoms with Gasteiger partial charge in [-0.2, -0.15) is 0 Å². The van der Waals surface area contributed by atoms with Crippen molar-refractivity contribution in [2.24, 2.45) is 0 Å². The summed E-state index contributed by atoms with van der Waals surface area (Å²) in [5.74, 6) is 0.711. The van der Waals surface area contributed by atoms with Crippen LogP contribution in [0.4, 0.5) is 5.82 Å². The average Bonchev–Trinajstić information content (AvgIpc) is 2.77. The molecule has 2 aliphatic heterocycles. The number of hydrogen-bond acceptors (Lipinski definition) is 7. The van der Waals surface area contributed by atoms with Crippen LogP contribution in [0.25, 0.3) is 0 Å². The Bertz CT molecular complexity index is 950. The van der Waals surface area contributed by atoms with Gasteiger partial charge in [0.25, 0.3) is 5.91 Å². The highest BCUT2D eigenvalue weighted by Gasteiger charge is 2.33. The van der Waals surface area contributed by atoms with Crippen molar-refractivity contribution in [2.45, 2.75) is 25.4 Å². The maximum Gasteiger partial charge on any atom is 0.259 e. The van der Waals surface area contributed by atoms with Crippen LogP contribution in [0.3, 0.4) is 0 Å². The van der Waals surface area contributed by atoms with E-state index in [0.29, 0.717) is 19.6 Å². The summed E-state index contributed by atoms with van der Waals surface area (Å²) in [4.78, 5) is 37.1. The monoisotopic (exact) mass is 410 g/mol. The van der Waals surface area contributed by atoms with Gasteiger partial charge in [0.05, 0.1) is 12.2 Å². The van der Waals surface area contributed by atoms with E-state index in [1.165, 1.54) is 18.1 Å². The number of nitrogens with two attached hydrogens (primary N) is 1. The molecular formula is C21H26N6O3. The molecule has 9 nitrogen and oxygen atoms in total. The van der Waals surface area contributed by atoms with Crippen molar-refractivity contribution in [2.75, 3.05) is 39.0 Å². The molecule has 3 heterocycles. The number of amides is 2. The van der Waals surface area contributed by atoms with Crippen molar-refractivity contribution >= 4 is 17.6 Å². The molecule has 1 aromatic heterocycles. The van der Waals surface area contributed by atoms with Gasteiger partial charge < -0.3 is 20.7 Å². The molecule has 158 valence electrons. The number of aryl methyl sites for hydroxylation is 1. The smallest absolute Gasteiger partial charge is 0.259 e. The summed E-state index contributed by atoms with van der Waals surface area (Å²) in [5, 5.41) is 3.01. The van der Waals surface area contributed by atoms with Crippen molar-refractivity contribution < 1.29 is 14.3 Å². The molecule has 1 saturated heterocycles. The van der Waals surface area contributed by atoms with Gasteiger partial charge in [-0.3, -0.25) is 14.5 Å². The first-order chi connectivity index (χ1) is 14.5. The number of aromatic nitrogens is 2. The van der Waals surface area contributed by atoms with E-state index in [4.69, 9.17) is 10.5 Å². The summed E-state index contributed by atoms with van der Waals surface area (Å²) in [7, 11) is 1.89. The van der Waals surface area contributed by atoms with E-state index in [1.54, 1.807) is 4.90 Å². The zero-order chi connectivity index (χ0) is 21.1. The van der Waals surface area contributed by atoms with Crippen LogP contribution in [0, 0.1) is 0 Å². The summed E-state index contributed by atoms with van der Waals surface area (Å²) < 4.78 is 5.64. The Hall–Kier alpha value is -3.20. The Kier molecular flexibility index (Phi) is 5.80. The lowest BCUT2D eigenvalue weighted by Gasteiger charge is -2.38. The number of hydrogen-bond donors (Lipinski definition) is 2. The zero-order valence-electron chi connectivity index (χ0n) is 17.0. The molecule has 0 spiro atoms. The van der Waals surface area contributed by atoms with E-state index < -0.39 is 6.04 Å². The number of piperazine rings is 1. The molecule has 1 fully saturated rings. The van der Waals surface area contributed by atoms with Gasteiger partial charge in [-0.25, -0.2) is 9.97 Å². The van der Waals surface area contributed by atoms with Crippen molar-refractivity contribution in [1.82, 2.24) is 25.1 Å². The molecule has 0 unspecified atom stereocenters. The summed E-state index contributed by atoms with van der Waals surface area (Å²) in [6.07, 6.45) is 4.72. The number of ether oxygens (including phenoxy) is 1. The number of carbonyl (C=O) groups excluding carboxylic acids is 2. The Morgan fingerprint density at radius 3 is 3.03 bits per heavy atom. The number of likely N-dealkylation sites (N-methyl/N-ethyl adjacent to an activating group) is 1. The van der Waals surface area contributed by atoms with E-state index in [-0.39, 0.29) is 29.7 Å². The fourth-order valence-corrected chi connectivity index (χ4v) is 3.85. The van der Waals surface area contributed by atoms with Crippen LogP contribution in [-0.4, -0.2) is 70.9 Å². The van der Waals surface area contributed by atoms with Crippen LogP contribution in [0.2, 0.25) is 0 Å². The molecule has 2 amide bonds. The van der Waals surface area contributed by atoms with Crippen LogP contribution < -0.4 is 15.8 Å². The summed E-state index contributed by atoms with van der Waals surface area (Å²) in [6.45, 7) is 2.58. The first-order valence-electron chi connectivity index (χ1n) is 10.1. The summed E-state index contributed by atoms with van der Waals surface area (Å²) in [6, 6.07) is 5.60. The second-order valence-electron chi connectivity index (χ2n) is 7.68. The van der Waals surface area contributed by atoms with E-state index in [0.717, 1.165) is 30.8 Å². The van der Waals surface area contributed by atoms with Crippen molar-refractivity contribution in [1.29, 1.82) is 0 Å². The van der Waals surface area contributed by atoms with Crippen molar-refractivity contribution in [3.8, 4) is 5.75 Å². The van der Waals surface area contributed by atoms with Crippen molar-refractivity contribution in [3.63, 3.8) is 0 Å². The molecule has 1 aromatic carbocycles. The number of fused-ring (bicyclic) bond motifs is 1. The van der Waals surface area contributed by atoms with Gasteiger partial charge in [0.2, 0.25) is 5.91 Å². The Morgan fingerprint density at radius 1 is 1.33 bits per heavy atom. The van der Waals surface area contributed by atoms with E-state index in [1.807, 2.05) is 24.1 Å².